The van der Waals surface area contributed by atoms with Gasteiger partial charge in [0.05, 0.1) is 18.1 Å². The summed E-state index contributed by atoms with van der Waals surface area (Å²) in [7, 11) is 1.60. The van der Waals surface area contributed by atoms with Crippen molar-refractivity contribution in [3.05, 3.63) is 47.5 Å². The zero-order chi connectivity index (χ0) is 19.4. The SMILES string of the molecule is C=C(NOC(=O)N(C)SN(CCC(=O)OCC)Cc1ccccc1)SC. The molecule has 0 aromatic heterocycles. The van der Waals surface area contributed by atoms with Crippen molar-refractivity contribution in [3.8, 4) is 0 Å². The number of hydrogen-bond acceptors (Lipinski definition) is 8. The fraction of sp³-hybridized carbons (Fsp3) is 0.412. The Hall–Kier alpha value is -1.84. The van der Waals surface area contributed by atoms with E-state index in [-0.39, 0.29) is 12.4 Å². The first-order chi connectivity index (χ1) is 12.5. The molecule has 0 spiro atoms. The van der Waals surface area contributed by atoms with E-state index in [2.05, 4.69) is 12.1 Å². The number of nitrogens with one attached hydrogen (secondary N) is 1. The number of carbonyl (C=O) groups excluding carboxylic acids is 2. The predicted molar refractivity (Wildman–Crippen MR) is 106 cm³/mol. The molecule has 0 aliphatic heterocycles. The molecule has 0 fully saturated rings. The van der Waals surface area contributed by atoms with Crippen LogP contribution in [0, 0.1) is 0 Å². The molecule has 0 radical (unpaired) electrons. The number of thioether (sulfide) groups is 1. The Kier molecular flexibility index (Phi) is 10.7. The molecule has 1 aromatic rings. The van der Waals surface area contributed by atoms with Crippen LogP contribution in [0.15, 0.2) is 41.9 Å². The third-order valence-corrected chi connectivity index (χ3v) is 4.58. The van der Waals surface area contributed by atoms with Crippen molar-refractivity contribution in [2.75, 3.05) is 26.5 Å². The highest BCUT2D eigenvalue weighted by atomic mass is 32.2. The molecule has 26 heavy (non-hydrogen) atoms. The number of benzene rings is 1. The van der Waals surface area contributed by atoms with Crippen molar-refractivity contribution in [3.63, 3.8) is 0 Å². The van der Waals surface area contributed by atoms with Crippen LogP contribution in [0.1, 0.15) is 18.9 Å². The van der Waals surface area contributed by atoms with Crippen LogP contribution in [0.2, 0.25) is 0 Å². The zero-order valence-electron chi connectivity index (χ0n) is 15.3. The highest BCUT2D eigenvalue weighted by molar-refractivity contribution is 8.02. The van der Waals surface area contributed by atoms with Crippen molar-refractivity contribution < 1.29 is 19.2 Å². The Morgan fingerprint density at radius 2 is 1.96 bits per heavy atom. The van der Waals surface area contributed by atoms with Crippen LogP contribution < -0.4 is 5.48 Å². The van der Waals surface area contributed by atoms with Gasteiger partial charge < -0.3 is 9.57 Å². The van der Waals surface area contributed by atoms with Crippen molar-refractivity contribution in [2.45, 2.75) is 19.9 Å². The van der Waals surface area contributed by atoms with Gasteiger partial charge in [0.15, 0.2) is 0 Å². The lowest BCUT2D eigenvalue weighted by Crippen LogP contribution is -2.32. The molecule has 1 amide bonds. The molecule has 0 atom stereocenters. The molecule has 0 aliphatic carbocycles. The van der Waals surface area contributed by atoms with Crippen LogP contribution in [0.5, 0.6) is 0 Å². The van der Waals surface area contributed by atoms with Gasteiger partial charge in [0, 0.05) is 32.3 Å². The second kappa shape index (κ2) is 12.5. The summed E-state index contributed by atoms with van der Waals surface area (Å²) >= 11 is 2.52. The second-order valence-electron chi connectivity index (χ2n) is 5.08. The quantitative estimate of drug-likeness (QED) is 0.345. The summed E-state index contributed by atoms with van der Waals surface area (Å²) in [6.07, 6.45) is 1.48. The summed E-state index contributed by atoms with van der Waals surface area (Å²) in [6, 6.07) is 9.80. The molecule has 0 saturated carbocycles. The minimum absolute atomic E-state index is 0.234. The van der Waals surface area contributed by atoms with Crippen molar-refractivity contribution >= 4 is 36.0 Å². The zero-order valence-corrected chi connectivity index (χ0v) is 16.9. The van der Waals surface area contributed by atoms with E-state index in [1.165, 1.54) is 28.2 Å². The first-order valence-electron chi connectivity index (χ1n) is 8.02. The summed E-state index contributed by atoms with van der Waals surface area (Å²) in [5.41, 5.74) is 3.54. The molecular formula is C17H25N3O4S2. The number of nitrogens with zero attached hydrogens (tertiary/aromatic N) is 2. The van der Waals surface area contributed by atoms with Gasteiger partial charge in [-0.25, -0.2) is 18.9 Å². The average molecular weight is 400 g/mol. The number of esters is 1. The minimum Gasteiger partial charge on any atom is -0.466 e. The average Bonchev–Trinajstić information content (AvgIpc) is 2.64. The normalized spacial score (nSPS) is 10.3. The smallest absolute Gasteiger partial charge is 0.444 e. The number of carbonyl (C=O) groups is 2. The molecule has 0 saturated heterocycles. The minimum atomic E-state index is -0.570. The maximum absolute atomic E-state index is 12.0. The maximum atomic E-state index is 12.0. The van der Waals surface area contributed by atoms with E-state index < -0.39 is 6.09 Å². The largest absolute Gasteiger partial charge is 0.466 e. The molecule has 1 rings (SSSR count). The van der Waals surface area contributed by atoms with E-state index in [0.29, 0.717) is 24.7 Å². The fourth-order valence-corrected chi connectivity index (χ4v) is 2.75. The van der Waals surface area contributed by atoms with E-state index in [1.54, 1.807) is 14.0 Å². The molecule has 0 heterocycles. The third-order valence-electron chi connectivity index (χ3n) is 3.07. The lowest BCUT2D eigenvalue weighted by Gasteiger charge is -2.25. The van der Waals surface area contributed by atoms with Crippen LogP contribution in [0.3, 0.4) is 0 Å². The molecule has 144 valence electrons. The van der Waals surface area contributed by atoms with E-state index in [0.717, 1.165) is 5.56 Å². The van der Waals surface area contributed by atoms with Gasteiger partial charge in [-0.3, -0.25) is 4.79 Å². The summed E-state index contributed by atoms with van der Waals surface area (Å²) in [6.45, 7) is 6.79. The molecule has 7 nitrogen and oxygen atoms in total. The van der Waals surface area contributed by atoms with Crippen molar-refractivity contribution in [1.29, 1.82) is 0 Å². The first-order valence-corrected chi connectivity index (χ1v) is 9.97. The first kappa shape index (κ1) is 22.2. The van der Waals surface area contributed by atoms with Gasteiger partial charge in [0.1, 0.15) is 0 Å². The number of hydroxylamine groups is 1. The van der Waals surface area contributed by atoms with Gasteiger partial charge in [-0.15, -0.1) is 11.8 Å². The Labute approximate surface area is 163 Å². The van der Waals surface area contributed by atoms with E-state index in [9.17, 15) is 9.59 Å². The summed E-state index contributed by atoms with van der Waals surface area (Å²) in [4.78, 5) is 28.6. The van der Waals surface area contributed by atoms with E-state index in [1.807, 2.05) is 40.9 Å². The summed E-state index contributed by atoms with van der Waals surface area (Å²) in [5.74, 6) is -0.269. The Balaban J connectivity index is 2.63. The van der Waals surface area contributed by atoms with Gasteiger partial charge in [-0.05, 0) is 18.7 Å². The van der Waals surface area contributed by atoms with Gasteiger partial charge >= 0.3 is 12.1 Å². The van der Waals surface area contributed by atoms with Crippen LogP contribution in [-0.4, -0.2) is 47.1 Å². The van der Waals surface area contributed by atoms with Gasteiger partial charge in [-0.1, -0.05) is 36.9 Å². The predicted octanol–water partition coefficient (Wildman–Crippen LogP) is 3.41. The van der Waals surface area contributed by atoms with Crippen LogP contribution in [-0.2, 0) is 20.9 Å². The van der Waals surface area contributed by atoms with Gasteiger partial charge in [0.2, 0.25) is 0 Å². The van der Waals surface area contributed by atoms with Crippen molar-refractivity contribution in [1.82, 2.24) is 14.1 Å². The number of ether oxygens (including phenoxy) is 1. The van der Waals surface area contributed by atoms with Crippen LogP contribution in [0.25, 0.3) is 0 Å². The van der Waals surface area contributed by atoms with Crippen LogP contribution in [0.4, 0.5) is 4.79 Å². The molecule has 0 aliphatic rings. The molecule has 0 unspecified atom stereocenters. The molecular weight excluding hydrogens is 374 g/mol. The number of hydrogen-bond donors (Lipinski definition) is 1. The lowest BCUT2D eigenvalue weighted by molar-refractivity contribution is -0.143. The molecule has 1 aromatic carbocycles. The number of amides is 1. The number of rotatable bonds is 11. The lowest BCUT2D eigenvalue weighted by atomic mass is 10.2. The van der Waals surface area contributed by atoms with E-state index >= 15 is 0 Å². The summed E-state index contributed by atoms with van der Waals surface area (Å²) in [5, 5.41) is 0.528. The van der Waals surface area contributed by atoms with Crippen LogP contribution >= 0.6 is 23.9 Å². The van der Waals surface area contributed by atoms with E-state index in [4.69, 9.17) is 9.57 Å². The fourth-order valence-electron chi connectivity index (χ4n) is 1.80. The summed E-state index contributed by atoms with van der Waals surface area (Å²) < 4.78 is 8.21. The Morgan fingerprint density at radius 3 is 2.58 bits per heavy atom. The third kappa shape index (κ3) is 9.02. The molecule has 0 bridgehead atoms. The molecule has 1 N–H and O–H groups in total. The Morgan fingerprint density at radius 1 is 1.27 bits per heavy atom. The topological polar surface area (TPSA) is 71.1 Å². The highest BCUT2D eigenvalue weighted by Crippen LogP contribution is 2.19. The monoisotopic (exact) mass is 399 g/mol. The Bertz CT molecular complexity index is 587. The van der Waals surface area contributed by atoms with Gasteiger partial charge in [-0.2, -0.15) is 0 Å². The van der Waals surface area contributed by atoms with Crippen molar-refractivity contribution in [2.24, 2.45) is 0 Å². The standard InChI is InChI=1S/C17H25N3O4S2/c1-5-23-16(21)11-12-20(13-15-9-7-6-8-10-15)26-19(3)17(22)24-18-14(2)25-4/h6-10,18H,2,5,11-13H2,1,3-4H3. The maximum Gasteiger partial charge on any atom is 0.444 e. The second-order valence-corrected chi connectivity index (χ2v) is 7.21. The van der Waals surface area contributed by atoms with Gasteiger partial charge in [0.25, 0.3) is 0 Å². The highest BCUT2D eigenvalue weighted by Gasteiger charge is 2.18. The molecule has 9 heteroatoms.